The second-order valence-electron chi connectivity index (χ2n) is 3.57. The summed E-state index contributed by atoms with van der Waals surface area (Å²) >= 11 is 1.71. The lowest BCUT2D eigenvalue weighted by Crippen LogP contribution is -2.33. The summed E-state index contributed by atoms with van der Waals surface area (Å²) in [4.78, 5) is 11.6. The molecule has 1 unspecified atom stereocenters. The van der Waals surface area contributed by atoms with Gasteiger partial charge in [-0.3, -0.25) is 4.79 Å². The molecule has 1 aliphatic carbocycles. The molecule has 0 heterocycles. The summed E-state index contributed by atoms with van der Waals surface area (Å²) in [5, 5.41) is 9.06. The molecular weight excluding hydrogens is 182 g/mol. The van der Waals surface area contributed by atoms with Crippen molar-refractivity contribution in [3.05, 3.63) is 0 Å². The van der Waals surface area contributed by atoms with Gasteiger partial charge < -0.3 is 0 Å². The Morgan fingerprint density at radius 3 is 2.92 bits per heavy atom. The van der Waals surface area contributed by atoms with Crippen molar-refractivity contribution in [3.63, 3.8) is 0 Å². The molecule has 0 aromatic carbocycles. The average molecular weight is 197 g/mol. The molecule has 0 aromatic rings. The molecule has 1 aliphatic rings. The molecular formula is C10H15NOS. The molecule has 0 amide bonds. The standard InChI is InChI=1S/C10H15NOS/c1-13-7-6-10(8-11)5-3-2-4-9(10)12/h2-7H2,1H3. The molecule has 0 spiro atoms. The van der Waals surface area contributed by atoms with E-state index in [1.54, 1.807) is 11.8 Å². The number of rotatable bonds is 3. The Morgan fingerprint density at radius 1 is 1.62 bits per heavy atom. The van der Waals surface area contributed by atoms with E-state index in [0.717, 1.165) is 31.4 Å². The molecule has 13 heavy (non-hydrogen) atoms. The third kappa shape index (κ3) is 2.25. The molecule has 72 valence electrons. The first-order chi connectivity index (χ1) is 6.25. The Hall–Kier alpha value is -0.490. The first-order valence-corrected chi connectivity index (χ1v) is 6.08. The topological polar surface area (TPSA) is 40.9 Å². The minimum Gasteiger partial charge on any atom is -0.298 e. The van der Waals surface area contributed by atoms with E-state index in [0.29, 0.717) is 6.42 Å². The number of carbonyl (C=O) groups excluding carboxylic acids is 1. The summed E-state index contributed by atoms with van der Waals surface area (Å²) in [5.41, 5.74) is -0.624. The van der Waals surface area contributed by atoms with E-state index in [2.05, 4.69) is 6.07 Å². The fraction of sp³-hybridized carbons (Fsp3) is 0.800. The molecule has 3 heteroatoms. The van der Waals surface area contributed by atoms with E-state index in [-0.39, 0.29) is 5.78 Å². The first kappa shape index (κ1) is 10.6. The number of Topliss-reactive ketones (excluding diaryl/α,β-unsaturated/α-hetero) is 1. The smallest absolute Gasteiger partial charge is 0.153 e. The van der Waals surface area contributed by atoms with Crippen molar-refractivity contribution in [2.75, 3.05) is 12.0 Å². The van der Waals surface area contributed by atoms with Crippen molar-refractivity contribution in [2.24, 2.45) is 5.41 Å². The number of nitriles is 1. The van der Waals surface area contributed by atoms with Gasteiger partial charge in [-0.25, -0.2) is 0 Å². The van der Waals surface area contributed by atoms with Crippen molar-refractivity contribution >= 4 is 17.5 Å². The summed E-state index contributed by atoms with van der Waals surface area (Å²) in [6.45, 7) is 0. The van der Waals surface area contributed by atoms with E-state index in [9.17, 15) is 4.79 Å². The highest BCUT2D eigenvalue weighted by molar-refractivity contribution is 7.98. The minimum absolute atomic E-state index is 0.176. The van der Waals surface area contributed by atoms with Crippen LogP contribution in [-0.4, -0.2) is 17.8 Å². The van der Waals surface area contributed by atoms with Crippen molar-refractivity contribution in [1.82, 2.24) is 0 Å². The highest BCUT2D eigenvalue weighted by Crippen LogP contribution is 2.36. The number of hydrogen-bond donors (Lipinski definition) is 0. The fourth-order valence-corrected chi connectivity index (χ4v) is 2.36. The largest absolute Gasteiger partial charge is 0.298 e. The van der Waals surface area contributed by atoms with Crippen LogP contribution in [0.1, 0.15) is 32.1 Å². The molecule has 0 aromatic heterocycles. The van der Waals surface area contributed by atoms with Gasteiger partial charge >= 0.3 is 0 Å². The number of ketones is 1. The molecule has 1 fully saturated rings. The van der Waals surface area contributed by atoms with Crippen molar-refractivity contribution in [3.8, 4) is 6.07 Å². The zero-order valence-corrected chi connectivity index (χ0v) is 8.82. The van der Waals surface area contributed by atoms with Crippen molar-refractivity contribution in [1.29, 1.82) is 5.26 Å². The second-order valence-corrected chi connectivity index (χ2v) is 4.55. The molecule has 0 aliphatic heterocycles. The molecule has 1 saturated carbocycles. The minimum atomic E-state index is -0.624. The number of thioether (sulfide) groups is 1. The maximum atomic E-state index is 11.6. The first-order valence-electron chi connectivity index (χ1n) is 4.69. The van der Waals surface area contributed by atoms with Gasteiger partial charge in [-0.05, 0) is 31.3 Å². The maximum Gasteiger partial charge on any atom is 0.153 e. The lowest BCUT2D eigenvalue weighted by molar-refractivity contribution is -0.128. The quantitative estimate of drug-likeness (QED) is 0.697. The van der Waals surface area contributed by atoms with Gasteiger partial charge in [0.2, 0.25) is 0 Å². The Balaban J connectivity index is 2.66. The van der Waals surface area contributed by atoms with E-state index in [4.69, 9.17) is 5.26 Å². The molecule has 1 rings (SSSR count). The third-order valence-corrected chi connectivity index (χ3v) is 3.35. The predicted octanol–water partition coefficient (Wildman–Crippen LogP) is 2.39. The lowest BCUT2D eigenvalue weighted by Gasteiger charge is -2.28. The maximum absolute atomic E-state index is 11.6. The molecule has 0 bridgehead atoms. The van der Waals surface area contributed by atoms with E-state index >= 15 is 0 Å². The third-order valence-electron chi connectivity index (χ3n) is 2.74. The van der Waals surface area contributed by atoms with E-state index in [1.807, 2.05) is 6.26 Å². The Kier molecular flexibility index (Phi) is 3.80. The molecule has 1 atom stereocenters. The predicted molar refractivity (Wildman–Crippen MR) is 54.5 cm³/mol. The van der Waals surface area contributed by atoms with E-state index in [1.165, 1.54) is 0 Å². The Bertz CT molecular complexity index is 234. The van der Waals surface area contributed by atoms with Gasteiger partial charge in [0.05, 0.1) is 6.07 Å². The van der Waals surface area contributed by atoms with Gasteiger partial charge in [0.25, 0.3) is 0 Å². The SMILES string of the molecule is CSCCC1(C#N)CCCCC1=O. The van der Waals surface area contributed by atoms with Gasteiger partial charge in [0.15, 0.2) is 5.78 Å². The second kappa shape index (κ2) is 4.66. The Morgan fingerprint density at radius 2 is 2.38 bits per heavy atom. The molecule has 0 radical (unpaired) electrons. The normalized spacial score (nSPS) is 28.5. The lowest BCUT2D eigenvalue weighted by atomic mass is 9.72. The van der Waals surface area contributed by atoms with Gasteiger partial charge in [-0.15, -0.1) is 0 Å². The Labute approximate surface area is 83.7 Å². The van der Waals surface area contributed by atoms with Crippen LogP contribution < -0.4 is 0 Å². The molecule has 0 N–H and O–H groups in total. The van der Waals surface area contributed by atoms with Crippen LogP contribution in [0.15, 0.2) is 0 Å². The van der Waals surface area contributed by atoms with Gasteiger partial charge in [0.1, 0.15) is 5.41 Å². The zero-order chi connectivity index (χ0) is 9.73. The molecule has 0 saturated heterocycles. The summed E-state index contributed by atoms with van der Waals surface area (Å²) in [7, 11) is 0. The molecule has 2 nitrogen and oxygen atoms in total. The van der Waals surface area contributed by atoms with Gasteiger partial charge in [-0.1, -0.05) is 6.42 Å². The van der Waals surface area contributed by atoms with Crippen LogP contribution in [0.5, 0.6) is 0 Å². The number of hydrogen-bond acceptors (Lipinski definition) is 3. The van der Waals surface area contributed by atoms with Gasteiger partial charge in [0, 0.05) is 6.42 Å². The van der Waals surface area contributed by atoms with Crippen LogP contribution in [0.4, 0.5) is 0 Å². The van der Waals surface area contributed by atoms with Gasteiger partial charge in [-0.2, -0.15) is 17.0 Å². The van der Waals surface area contributed by atoms with Crippen LogP contribution >= 0.6 is 11.8 Å². The summed E-state index contributed by atoms with van der Waals surface area (Å²) < 4.78 is 0. The number of carbonyl (C=O) groups is 1. The highest BCUT2D eigenvalue weighted by Gasteiger charge is 2.39. The average Bonchev–Trinajstić information content (AvgIpc) is 2.17. The summed E-state index contributed by atoms with van der Waals surface area (Å²) in [5.74, 6) is 1.09. The van der Waals surface area contributed by atoms with Crippen molar-refractivity contribution in [2.45, 2.75) is 32.1 Å². The zero-order valence-electron chi connectivity index (χ0n) is 8.01. The number of nitrogens with zero attached hydrogens (tertiary/aromatic N) is 1. The summed E-state index contributed by atoms with van der Waals surface area (Å²) in [6, 6.07) is 2.24. The van der Waals surface area contributed by atoms with Crippen LogP contribution in [0, 0.1) is 16.7 Å². The fourth-order valence-electron chi connectivity index (χ4n) is 1.81. The van der Waals surface area contributed by atoms with Crippen LogP contribution in [0.25, 0.3) is 0 Å². The van der Waals surface area contributed by atoms with Crippen LogP contribution in [-0.2, 0) is 4.79 Å². The van der Waals surface area contributed by atoms with Crippen LogP contribution in [0.2, 0.25) is 0 Å². The highest BCUT2D eigenvalue weighted by atomic mass is 32.2. The van der Waals surface area contributed by atoms with Crippen LogP contribution in [0.3, 0.4) is 0 Å². The van der Waals surface area contributed by atoms with E-state index < -0.39 is 5.41 Å². The monoisotopic (exact) mass is 197 g/mol. The summed E-state index contributed by atoms with van der Waals surface area (Å²) in [6.07, 6.45) is 6.15. The van der Waals surface area contributed by atoms with Crippen molar-refractivity contribution < 1.29 is 4.79 Å².